The normalized spacial score (nSPS) is 12.3. The summed E-state index contributed by atoms with van der Waals surface area (Å²) in [5.41, 5.74) is 6.35. The number of nitrogens with zero attached hydrogens (tertiary/aromatic N) is 6. The highest BCUT2D eigenvalue weighted by atomic mass is 35.5. The van der Waals surface area contributed by atoms with E-state index in [0.717, 1.165) is 47.9 Å². The van der Waals surface area contributed by atoms with Crippen molar-refractivity contribution < 1.29 is 29.3 Å². The number of carbonyl (C=O) groups excluding carboxylic acids is 2. The van der Waals surface area contributed by atoms with Crippen LogP contribution in [0.3, 0.4) is 0 Å². The van der Waals surface area contributed by atoms with Crippen molar-refractivity contribution in [3.8, 4) is 22.9 Å². The first-order chi connectivity index (χ1) is 28.8. The van der Waals surface area contributed by atoms with Crippen molar-refractivity contribution in [2.24, 2.45) is 5.92 Å². The van der Waals surface area contributed by atoms with Crippen molar-refractivity contribution in [1.82, 2.24) is 30.0 Å². The standard InChI is InChI=1S/C27H36ClN3O3.C20H22ClN3O3/c1-6-8-9-18(7-2)17-34-25(32)13-10-19-14-21(27(3,4)5)26(33)24(15-19)31-29-22-12-11-20(28)16-23(22)30-31;1-20(2,3)14-9-12(5-8-18(25)27-4)10-17(19(14)26)24-22-15-7-6-13(21)11-16(15)23-24/h11-12,14-16,18,33H,6-10,13,17H2,1-5H3;6-7,9-11,26H,5,8H2,1-4H3. The number of phenolic OH excluding ortho intramolecular Hbond substituents is 2. The third-order valence-electron chi connectivity index (χ3n) is 10.5. The molecular formula is C47H58Cl2N6O6. The highest BCUT2D eigenvalue weighted by molar-refractivity contribution is 6.31. The molecule has 326 valence electrons. The molecule has 0 amide bonds. The Balaban J connectivity index is 0.000000237. The van der Waals surface area contributed by atoms with Crippen molar-refractivity contribution in [1.29, 1.82) is 0 Å². The number of fused-ring (bicyclic) bond motifs is 2. The number of halogens is 2. The number of hydrogen-bond donors (Lipinski definition) is 2. The van der Waals surface area contributed by atoms with Crippen molar-refractivity contribution in [3.05, 3.63) is 93.0 Å². The van der Waals surface area contributed by atoms with E-state index in [-0.39, 0.29) is 47.1 Å². The summed E-state index contributed by atoms with van der Waals surface area (Å²) < 4.78 is 10.3. The van der Waals surface area contributed by atoms with Gasteiger partial charge >= 0.3 is 11.9 Å². The number of benzene rings is 4. The molecule has 0 radical (unpaired) electrons. The topological polar surface area (TPSA) is 154 Å². The van der Waals surface area contributed by atoms with Gasteiger partial charge in [-0.1, -0.05) is 110 Å². The Morgan fingerprint density at radius 3 is 1.52 bits per heavy atom. The van der Waals surface area contributed by atoms with E-state index < -0.39 is 0 Å². The molecule has 0 saturated heterocycles. The lowest BCUT2D eigenvalue weighted by atomic mass is 9.84. The quantitative estimate of drug-likeness (QED) is 0.101. The van der Waals surface area contributed by atoms with Crippen molar-refractivity contribution in [2.45, 2.75) is 118 Å². The molecule has 0 fully saturated rings. The molecular weight excluding hydrogens is 815 g/mol. The molecule has 0 aliphatic heterocycles. The van der Waals surface area contributed by atoms with E-state index in [9.17, 15) is 19.8 Å². The Morgan fingerprint density at radius 2 is 1.11 bits per heavy atom. The van der Waals surface area contributed by atoms with Gasteiger partial charge in [0.2, 0.25) is 0 Å². The van der Waals surface area contributed by atoms with E-state index in [2.05, 4.69) is 34.2 Å². The molecule has 2 N–H and O–H groups in total. The summed E-state index contributed by atoms with van der Waals surface area (Å²) in [5.74, 6) is 0.201. The third kappa shape index (κ3) is 12.2. The van der Waals surface area contributed by atoms with Crippen LogP contribution in [0.15, 0.2) is 60.7 Å². The van der Waals surface area contributed by atoms with Crippen LogP contribution in [0.25, 0.3) is 33.4 Å². The Bertz CT molecular complexity index is 2480. The second-order valence-electron chi connectivity index (χ2n) is 17.4. The van der Waals surface area contributed by atoms with Crippen molar-refractivity contribution in [2.75, 3.05) is 13.7 Å². The van der Waals surface area contributed by atoms with Crippen LogP contribution in [0.5, 0.6) is 11.5 Å². The fourth-order valence-electron chi connectivity index (χ4n) is 6.86. The van der Waals surface area contributed by atoms with Gasteiger partial charge in [0, 0.05) is 34.0 Å². The fourth-order valence-corrected chi connectivity index (χ4v) is 7.19. The van der Waals surface area contributed by atoms with Crippen LogP contribution in [-0.2, 0) is 42.7 Å². The molecule has 0 aliphatic carbocycles. The van der Waals surface area contributed by atoms with Gasteiger partial charge in [-0.15, -0.1) is 30.0 Å². The highest BCUT2D eigenvalue weighted by Gasteiger charge is 2.25. The van der Waals surface area contributed by atoms with E-state index in [1.165, 1.54) is 16.7 Å². The van der Waals surface area contributed by atoms with Gasteiger partial charge in [-0.3, -0.25) is 9.59 Å². The number of rotatable bonds is 14. The largest absolute Gasteiger partial charge is 0.505 e. The SMILES string of the molecule is CCCCC(CC)COC(=O)CCc1cc(-n2nc3ccc(Cl)cc3n2)c(O)c(C(C)(C)C)c1.COC(=O)CCc1cc(-n2nc3ccc(Cl)cc3n2)c(O)c(C(C)(C)C)c1. The van der Waals surface area contributed by atoms with Crippen LogP contribution in [0.4, 0.5) is 0 Å². The van der Waals surface area contributed by atoms with E-state index in [0.29, 0.717) is 68.9 Å². The summed E-state index contributed by atoms with van der Waals surface area (Å²) in [5, 5.41) is 41.1. The smallest absolute Gasteiger partial charge is 0.306 e. The minimum absolute atomic E-state index is 0.121. The van der Waals surface area contributed by atoms with E-state index in [1.807, 2.05) is 59.7 Å². The molecule has 1 unspecified atom stereocenters. The molecule has 2 heterocycles. The van der Waals surface area contributed by atoms with Crippen molar-refractivity contribution >= 4 is 57.2 Å². The second-order valence-corrected chi connectivity index (χ2v) is 18.3. The predicted molar refractivity (Wildman–Crippen MR) is 241 cm³/mol. The molecule has 0 spiro atoms. The lowest BCUT2D eigenvalue weighted by molar-refractivity contribution is -0.145. The van der Waals surface area contributed by atoms with Crippen LogP contribution >= 0.6 is 23.2 Å². The zero-order valence-corrected chi connectivity index (χ0v) is 38.2. The zero-order chi connectivity index (χ0) is 44.6. The first kappa shape index (κ1) is 46.9. The summed E-state index contributed by atoms with van der Waals surface area (Å²) in [6, 6.07) is 18.1. The Morgan fingerprint density at radius 1 is 0.672 bits per heavy atom. The predicted octanol–water partition coefficient (Wildman–Crippen LogP) is 11.0. The van der Waals surface area contributed by atoms with Crippen LogP contribution in [0, 0.1) is 5.92 Å². The fraction of sp³-hybridized carbons (Fsp3) is 0.447. The Kier molecular flexibility index (Phi) is 15.5. The number of ether oxygens (including phenoxy) is 2. The summed E-state index contributed by atoms with van der Waals surface area (Å²) >= 11 is 12.1. The molecule has 14 heteroatoms. The van der Waals surface area contributed by atoms with Gasteiger partial charge in [-0.2, -0.15) is 0 Å². The number of methoxy groups -OCH3 is 1. The summed E-state index contributed by atoms with van der Waals surface area (Å²) in [7, 11) is 1.37. The van der Waals surface area contributed by atoms with Crippen LogP contribution in [-0.4, -0.2) is 65.9 Å². The second kappa shape index (κ2) is 20.1. The first-order valence-electron chi connectivity index (χ1n) is 20.8. The third-order valence-corrected chi connectivity index (χ3v) is 11.0. The maximum Gasteiger partial charge on any atom is 0.306 e. The molecule has 61 heavy (non-hydrogen) atoms. The average molecular weight is 874 g/mol. The lowest BCUT2D eigenvalue weighted by Gasteiger charge is -2.23. The maximum atomic E-state index is 12.4. The lowest BCUT2D eigenvalue weighted by Crippen LogP contribution is -2.16. The Labute approximate surface area is 368 Å². The molecule has 0 aliphatic rings. The van der Waals surface area contributed by atoms with Gasteiger partial charge in [-0.05, 0) is 95.7 Å². The number of esters is 2. The number of aromatic nitrogens is 6. The summed E-state index contributed by atoms with van der Waals surface area (Å²) in [6.07, 6.45) is 5.95. The molecule has 6 aromatic rings. The summed E-state index contributed by atoms with van der Waals surface area (Å²) in [4.78, 5) is 26.8. The minimum Gasteiger partial charge on any atom is -0.505 e. The molecule has 4 aromatic carbocycles. The first-order valence-corrected chi connectivity index (χ1v) is 21.6. The van der Waals surface area contributed by atoms with Gasteiger partial charge in [-0.25, -0.2) is 0 Å². The summed E-state index contributed by atoms with van der Waals surface area (Å²) in [6.45, 7) is 17.0. The molecule has 6 rings (SSSR count). The molecule has 0 saturated carbocycles. The Hall–Kier alpha value is -5.20. The zero-order valence-electron chi connectivity index (χ0n) is 36.7. The van der Waals surface area contributed by atoms with Gasteiger partial charge in [0.15, 0.2) is 0 Å². The van der Waals surface area contributed by atoms with Crippen LogP contribution in [0.1, 0.15) is 116 Å². The van der Waals surface area contributed by atoms with E-state index in [4.69, 9.17) is 32.7 Å². The minimum atomic E-state index is -0.307. The molecule has 2 aromatic heterocycles. The maximum absolute atomic E-state index is 12.4. The molecule has 0 bridgehead atoms. The van der Waals surface area contributed by atoms with Gasteiger partial charge in [0.1, 0.15) is 44.9 Å². The van der Waals surface area contributed by atoms with E-state index in [1.54, 1.807) is 42.5 Å². The van der Waals surface area contributed by atoms with Gasteiger partial charge < -0.3 is 19.7 Å². The van der Waals surface area contributed by atoms with Gasteiger partial charge in [0.05, 0.1) is 13.7 Å². The number of phenols is 2. The van der Waals surface area contributed by atoms with Crippen molar-refractivity contribution in [3.63, 3.8) is 0 Å². The highest BCUT2D eigenvalue weighted by Crippen LogP contribution is 2.38. The number of hydrogen-bond acceptors (Lipinski definition) is 10. The van der Waals surface area contributed by atoms with Crippen LogP contribution < -0.4 is 0 Å². The van der Waals surface area contributed by atoms with Gasteiger partial charge in [0.25, 0.3) is 0 Å². The van der Waals surface area contributed by atoms with E-state index >= 15 is 0 Å². The number of aromatic hydroxyl groups is 2. The monoisotopic (exact) mass is 872 g/mol. The number of carbonyl (C=O) groups is 2. The molecule has 1 atom stereocenters. The number of unbranched alkanes of at least 4 members (excludes halogenated alkanes) is 1. The van der Waals surface area contributed by atoms with Crippen LogP contribution in [0.2, 0.25) is 10.0 Å². The average Bonchev–Trinajstić information content (AvgIpc) is 3.83. The molecule has 12 nitrogen and oxygen atoms in total. The number of aryl methyl sites for hydroxylation is 2.